The summed E-state index contributed by atoms with van der Waals surface area (Å²) >= 11 is 6.77. The maximum atomic E-state index is 10.8. The minimum atomic E-state index is -0.231. The van der Waals surface area contributed by atoms with Crippen molar-refractivity contribution < 1.29 is 14.3 Å². The molecule has 0 bridgehead atoms. The van der Waals surface area contributed by atoms with Crippen molar-refractivity contribution in [2.45, 2.75) is 59.1 Å². The highest BCUT2D eigenvalue weighted by Gasteiger charge is 2.23. The average molecular weight is 306 g/mol. The summed E-state index contributed by atoms with van der Waals surface area (Å²) in [4.78, 5) is 10.8. The molecular weight excluding hydrogens is 280 g/mol. The fourth-order valence-electron chi connectivity index (χ4n) is 1.59. The lowest BCUT2D eigenvalue weighted by atomic mass is 9.84. The van der Waals surface area contributed by atoms with Gasteiger partial charge in [0.15, 0.2) is 0 Å². The first kappa shape index (κ1) is 18.7. The van der Waals surface area contributed by atoms with Crippen molar-refractivity contribution in [2.75, 3.05) is 13.2 Å². The second-order valence-corrected chi connectivity index (χ2v) is 7.18. The number of thiocarbonyl (C=S) groups is 1. The van der Waals surface area contributed by atoms with E-state index in [4.69, 9.17) is 21.7 Å². The van der Waals surface area contributed by atoms with Crippen molar-refractivity contribution in [3.05, 3.63) is 0 Å². The fraction of sp³-hybridized carbons (Fsp3) is 0.857. The van der Waals surface area contributed by atoms with E-state index in [-0.39, 0.29) is 11.4 Å². The highest BCUT2D eigenvalue weighted by atomic mass is 32.2. The van der Waals surface area contributed by atoms with Crippen LogP contribution in [0.2, 0.25) is 0 Å². The Morgan fingerprint density at radius 2 is 1.95 bits per heavy atom. The number of esters is 1. The van der Waals surface area contributed by atoms with Gasteiger partial charge in [0.05, 0.1) is 13.2 Å². The van der Waals surface area contributed by atoms with Crippen molar-refractivity contribution in [3.63, 3.8) is 0 Å². The summed E-state index contributed by atoms with van der Waals surface area (Å²) in [6, 6.07) is 0. The first-order valence-corrected chi connectivity index (χ1v) is 8.06. The molecule has 0 N–H and O–H groups in total. The van der Waals surface area contributed by atoms with E-state index < -0.39 is 0 Å². The molecule has 1 atom stereocenters. The molecule has 1 unspecified atom stereocenters. The van der Waals surface area contributed by atoms with Gasteiger partial charge in [-0.2, -0.15) is 0 Å². The molecule has 0 aromatic rings. The SMILES string of the molecule is CCOC(=S)SC(CCOC(C)=O)CC(C)(C)CC. The van der Waals surface area contributed by atoms with E-state index in [2.05, 4.69) is 20.8 Å². The average Bonchev–Trinajstić information content (AvgIpc) is 2.28. The molecule has 0 fully saturated rings. The van der Waals surface area contributed by atoms with E-state index in [0.717, 1.165) is 19.3 Å². The third kappa shape index (κ3) is 10.2. The first-order chi connectivity index (χ1) is 8.80. The molecule has 0 aliphatic heterocycles. The van der Waals surface area contributed by atoms with Crippen molar-refractivity contribution in [1.82, 2.24) is 0 Å². The molecule has 0 saturated carbocycles. The predicted molar refractivity (Wildman–Crippen MR) is 85.5 cm³/mol. The third-order valence-electron chi connectivity index (χ3n) is 3.01. The summed E-state index contributed by atoms with van der Waals surface area (Å²) in [6.07, 6.45) is 2.95. The van der Waals surface area contributed by atoms with Gasteiger partial charge in [0.2, 0.25) is 4.38 Å². The normalized spacial score (nSPS) is 12.9. The summed E-state index contributed by atoms with van der Waals surface area (Å²) in [6.45, 7) is 11.1. The Kier molecular flexibility index (Phi) is 9.44. The lowest BCUT2D eigenvalue weighted by Gasteiger charge is -2.28. The molecule has 0 heterocycles. The first-order valence-electron chi connectivity index (χ1n) is 6.77. The zero-order chi connectivity index (χ0) is 14.9. The topological polar surface area (TPSA) is 35.5 Å². The highest BCUT2D eigenvalue weighted by Crippen LogP contribution is 2.33. The largest absolute Gasteiger partial charge is 0.479 e. The summed E-state index contributed by atoms with van der Waals surface area (Å²) in [5.41, 5.74) is 0.260. The zero-order valence-electron chi connectivity index (χ0n) is 12.7. The van der Waals surface area contributed by atoms with Gasteiger partial charge in [-0.15, -0.1) is 0 Å². The predicted octanol–water partition coefficient (Wildman–Crippen LogP) is 4.19. The van der Waals surface area contributed by atoms with Crippen molar-refractivity contribution in [2.24, 2.45) is 5.41 Å². The number of ether oxygens (including phenoxy) is 2. The molecule has 0 saturated heterocycles. The molecular formula is C14H26O3S2. The van der Waals surface area contributed by atoms with Gasteiger partial charge in [-0.25, -0.2) is 0 Å². The Morgan fingerprint density at radius 1 is 1.32 bits per heavy atom. The van der Waals surface area contributed by atoms with Crippen LogP contribution in [0.5, 0.6) is 0 Å². The number of carbonyl (C=O) groups excluding carboxylic acids is 1. The smallest absolute Gasteiger partial charge is 0.302 e. The lowest BCUT2D eigenvalue weighted by molar-refractivity contribution is -0.141. The molecule has 0 aromatic heterocycles. The van der Waals surface area contributed by atoms with Gasteiger partial charge >= 0.3 is 5.97 Å². The minimum Gasteiger partial charge on any atom is -0.479 e. The summed E-state index contributed by atoms with van der Waals surface area (Å²) < 4.78 is 10.9. The van der Waals surface area contributed by atoms with Crippen molar-refractivity contribution in [3.8, 4) is 0 Å². The quantitative estimate of drug-likeness (QED) is 0.496. The second-order valence-electron chi connectivity index (χ2n) is 5.27. The van der Waals surface area contributed by atoms with Crippen LogP contribution in [0.25, 0.3) is 0 Å². The summed E-state index contributed by atoms with van der Waals surface area (Å²) in [7, 11) is 0. The Balaban J connectivity index is 4.37. The monoisotopic (exact) mass is 306 g/mol. The molecule has 0 spiro atoms. The molecule has 0 amide bonds. The summed E-state index contributed by atoms with van der Waals surface area (Å²) in [5, 5.41) is 0.327. The molecule has 19 heavy (non-hydrogen) atoms. The van der Waals surface area contributed by atoms with Gasteiger partial charge in [0, 0.05) is 12.2 Å². The second kappa shape index (κ2) is 9.59. The molecule has 5 heteroatoms. The number of carbonyl (C=O) groups is 1. The maximum absolute atomic E-state index is 10.8. The standard InChI is InChI=1S/C14H26O3S2/c1-6-14(4,5)10-12(8-9-17-11(3)15)19-13(18)16-7-2/h12H,6-10H2,1-5H3. The molecule has 0 aliphatic rings. The Morgan fingerprint density at radius 3 is 2.42 bits per heavy atom. The molecule has 0 rings (SSSR count). The van der Waals surface area contributed by atoms with E-state index in [9.17, 15) is 4.79 Å². The van der Waals surface area contributed by atoms with Crippen molar-refractivity contribution >= 4 is 34.3 Å². The minimum absolute atomic E-state index is 0.231. The van der Waals surface area contributed by atoms with Crippen LogP contribution in [0.3, 0.4) is 0 Å². The molecule has 0 aromatic carbocycles. The molecule has 0 radical (unpaired) electrons. The van der Waals surface area contributed by atoms with Crippen molar-refractivity contribution in [1.29, 1.82) is 0 Å². The Hall–Kier alpha value is -0.290. The van der Waals surface area contributed by atoms with Crippen LogP contribution in [0, 0.1) is 5.41 Å². The van der Waals surface area contributed by atoms with Gasteiger partial charge in [-0.3, -0.25) is 4.79 Å². The number of rotatable bonds is 8. The van der Waals surface area contributed by atoms with E-state index >= 15 is 0 Å². The molecule has 112 valence electrons. The van der Waals surface area contributed by atoms with Crippen LogP contribution < -0.4 is 0 Å². The lowest BCUT2D eigenvalue weighted by Crippen LogP contribution is -2.21. The third-order valence-corrected chi connectivity index (χ3v) is 4.46. The summed E-state index contributed by atoms with van der Waals surface area (Å²) in [5.74, 6) is -0.231. The van der Waals surface area contributed by atoms with Gasteiger partial charge in [0.1, 0.15) is 0 Å². The molecule has 3 nitrogen and oxygen atoms in total. The zero-order valence-corrected chi connectivity index (χ0v) is 14.3. The van der Waals surface area contributed by atoms with Crippen LogP contribution in [0.15, 0.2) is 0 Å². The number of hydrogen-bond acceptors (Lipinski definition) is 5. The maximum Gasteiger partial charge on any atom is 0.302 e. The van der Waals surface area contributed by atoms with E-state index in [0.29, 0.717) is 22.8 Å². The van der Waals surface area contributed by atoms with Crippen LogP contribution in [0.1, 0.15) is 53.9 Å². The fourth-order valence-corrected chi connectivity index (χ4v) is 3.32. The number of thioether (sulfide) groups is 1. The van der Waals surface area contributed by atoms with Crippen LogP contribution >= 0.6 is 24.0 Å². The van der Waals surface area contributed by atoms with Gasteiger partial charge in [0.25, 0.3) is 0 Å². The van der Waals surface area contributed by atoms with E-state index in [1.165, 1.54) is 6.92 Å². The molecule has 0 aliphatic carbocycles. The van der Waals surface area contributed by atoms with E-state index in [1.807, 2.05) is 6.92 Å². The van der Waals surface area contributed by atoms with Gasteiger partial charge in [-0.05, 0) is 37.4 Å². The van der Waals surface area contributed by atoms with Crippen LogP contribution in [-0.4, -0.2) is 28.8 Å². The van der Waals surface area contributed by atoms with Gasteiger partial charge in [-0.1, -0.05) is 39.0 Å². The van der Waals surface area contributed by atoms with Gasteiger partial charge < -0.3 is 9.47 Å². The van der Waals surface area contributed by atoms with E-state index in [1.54, 1.807) is 11.8 Å². The highest BCUT2D eigenvalue weighted by molar-refractivity contribution is 8.23. The Labute approximate surface area is 126 Å². The van der Waals surface area contributed by atoms with Crippen LogP contribution in [-0.2, 0) is 14.3 Å². The number of hydrogen-bond donors (Lipinski definition) is 0. The Bertz CT molecular complexity index is 290. The van der Waals surface area contributed by atoms with Crippen LogP contribution in [0.4, 0.5) is 0 Å².